The van der Waals surface area contributed by atoms with E-state index in [1.54, 1.807) is 61.7 Å². The molecule has 0 spiro atoms. The number of nitrogens with zero attached hydrogens (tertiary/aromatic N) is 1. The van der Waals surface area contributed by atoms with E-state index in [9.17, 15) is 14.7 Å². The average molecular weight is 490 g/mol. The van der Waals surface area contributed by atoms with Crippen LogP contribution < -0.4 is 18.9 Å². The van der Waals surface area contributed by atoms with Crippen molar-refractivity contribution in [3.63, 3.8) is 0 Å². The maximum absolute atomic E-state index is 13.4. The van der Waals surface area contributed by atoms with E-state index in [0.717, 1.165) is 5.56 Å². The minimum atomic E-state index is -0.878. The Morgan fingerprint density at radius 3 is 2.11 bits per heavy atom. The third-order valence-electron chi connectivity index (χ3n) is 6.14. The summed E-state index contributed by atoms with van der Waals surface area (Å²) in [6.45, 7) is 0.135. The molecule has 0 aliphatic carbocycles. The van der Waals surface area contributed by atoms with Crippen LogP contribution in [0.2, 0.25) is 0 Å². The third kappa shape index (κ3) is 4.45. The molecule has 1 heterocycles. The molecular formula is C28H27NO7. The molecule has 1 unspecified atom stereocenters. The number of ether oxygens (including phenoxy) is 4. The first-order valence-electron chi connectivity index (χ1n) is 11.2. The van der Waals surface area contributed by atoms with Gasteiger partial charge in [-0.3, -0.25) is 9.59 Å². The fourth-order valence-corrected chi connectivity index (χ4v) is 4.33. The van der Waals surface area contributed by atoms with Crippen LogP contribution in [0.15, 0.2) is 72.3 Å². The van der Waals surface area contributed by atoms with Crippen molar-refractivity contribution in [3.05, 3.63) is 89.0 Å². The number of ketones is 1. The van der Waals surface area contributed by atoms with Gasteiger partial charge in [0.1, 0.15) is 17.3 Å². The molecule has 0 saturated carbocycles. The van der Waals surface area contributed by atoms with E-state index in [0.29, 0.717) is 34.1 Å². The lowest BCUT2D eigenvalue weighted by Gasteiger charge is -2.26. The van der Waals surface area contributed by atoms with Crippen LogP contribution in [0.25, 0.3) is 5.76 Å². The van der Waals surface area contributed by atoms with Gasteiger partial charge in [0.05, 0.1) is 45.6 Å². The molecular weight excluding hydrogens is 462 g/mol. The zero-order valence-electron chi connectivity index (χ0n) is 20.5. The summed E-state index contributed by atoms with van der Waals surface area (Å²) in [5.41, 5.74) is 1.65. The van der Waals surface area contributed by atoms with Crippen LogP contribution >= 0.6 is 0 Å². The van der Waals surface area contributed by atoms with E-state index in [-0.39, 0.29) is 17.9 Å². The number of rotatable bonds is 8. The Kier molecular flexibility index (Phi) is 7.15. The normalized spacial score (nSPS) is 16.7. The molecule has 1 amide bonds. The number of carbonyl (C=O) groups is 2. The third-order valence-corrected chi connectivity index (χ3v) is 6.14. The van der Waals surface area contributed by atoms with Gasteiger partial charge in [-0.2, -0.15) is 0 Å². The monoisotopic (exact) mass is 489 g/mol. The molecule has 1 aliphatic heterocycles. The van der Waals surface area contributed by atoms with Crippen LogP contribution in [0.1, 0.15) is 22.7 Å². The molecule has 0 radical (unpaired) electrons. The van der Waals surface area contributed by atoms with E-state index < -0.39 is 17.7 Å². The quantitative estimate of drug-likeness (QED) is 0.286. The second kappa shape index (κ2) is 10.4. The summed E-state index contributed by atoms with van der Waals surface area (Å²) >= 11 is 0. The van der Waals surface area contributed by atoms with Gasteiger partial charge in [0.15, 0.2) is 11.5 Å². The summed E-state index contributed by atoms with van der Waals surface area (Å²) in [4.78, 5) is 28.1. The Morgan fingerprint density at radius 1 is 0.806 bits per heavy atom. The van der Waals surface area contributed by atoms with E-state index >= 15 is 0 Å². The number of likely N-dealkylation sites (tertiary alicyclic amines) is 1. The predicted molar refractivity (Wildman–Crippen MR) is 133 cm³/mol. The minimum absolute atomic E-state index is 0.0368. The molecule has 0 bridgehead atoms. The second-order valence-electron chi connectivity index (χ2n) is 8.09. The molecule has 8 heteroatoms. The molecule has 1 atom stereocenters. The highest BCUT2D eigenvalue weighted by molar-refractivity contribution is 6.46. The Labute approximate surface area is 209 Å². The van der Waals surface area contributed by atoms with Crippen molar-refractivity contribution in [1.82, 2.24) is 4.90 Å². The number of amides is 1. The summed E-state index contributed by atoms with van der Waals surface area (Å²) in [6.07, 6.45) is 0. The van der Waals surface area contributed by atoms with E-state index in [1.807, 2.05) is 12.1 Å². The molecule has 36 heavy (non-hydrogen) atoms. The first-order chi connectivity index (χ1) is 17.4. The van der Waals surface area contributed by atoms with E-state index in [1.165, 1.54) is 26.2 Å². The molecule has 186 valence electrons. The highest BCUT2D eigenvalue weighted by Gasteiger charge is 2.46. The predicted octanol–water partition coefficient (Wildman–Crippen LogP) is 4.34. The van der Waals surface area contributed by atoms with Crippen LogP contribution in [0.3, 0.4) is 0 Å². The smallest absolute Gasteiger partial charge is 0.295 e. The lowest BCUT2D eigenvalue weighted by atomic mass is 9.94. The Bertz CT molecular complexity index is 1310. The van der Waals surface area contributed by atoms with Crippen molar-refractivity contribution >= 4 is 17.4 Å². The number of carbonyl (C=O) groups excluding carboxylic acids is 2. The molecule has 1 N–H and O–H groups in total. The number of benzene rings is 3. The molecule has 4 rings (SSSR count). The van der Waals surface area contributed by atoms with Gasteiger partial charge < -0.3 is 29.0 Å². The largest absolute Gasteiger partial charge is 0.507 e. The lowest BCUT2D eigenvalue weighted by molar-refractivity contribution is -0.140. The van der Waals surface area contributed by atoms with Crippen LogP contribution in [0.4, 0.5) is 0 Å². The van der Waals surface area contributed by atoms with Gasteiger partial charge in [0.2, 0.25) is 0 Å². The summed E-state index contributed by atoms with van der Waals surface area (Å²) in [7, 11) is 6.07. The lowest BCUT2D eigenvalue weighted by Crippen LogP contribution is -2.29. The first-order valence-corrected chi connectivity index (χ1v) is 11.2. The number of hydrogen-bond acceptors (Lipinski definition) is 7. The van der Waals surface area contributed by atoms with Gasteiger partial charge in [-0.15, -0.1) is 0 Å². The highest BCUT2D eigenvalue weighted by Crippen LogP contribution is 2.43. The van der Waals surface area contributed by atoms with Gasteiger partial charge >= 0.3 is 0 Å². The number of para-hydroxylation sites is 1. The van der Waals surface area contributed by atoms with Gasteiger partial charge in [-0.1, -0.05) is 30.3 Å². The van der Waals surface area contributed by atoms with Crippen molar-refractivity contribution in [2.45, 2.75) is 12.6 Å². The number of hydrogen-bond donors (Lipinski definition) is 1. The van der Waals surface area contributed by atoms with E-state index in [4.69, 9.17) is 18.9 Å². The standard InChI is InChI=1S/C28H27NO7/c1-33-19-12-9-17(10-13-19)16-29-25(18-11-14-22(35-3)23(15-18)36-4)24(27(31)28(29)32)26(30)20-7-5-6-8-21(20)34-2/h5-15,25,30H,16H2,1-4H3/b26-24-. The molecule has 1 fully saturated rings. The molecule has 3 aromatic carbocycles. The first kappa shape index (κ1) is 24.7. The van der Waals surface area contributed by atoms with E-state index in [2.05, 4.69) is 0 Å². The van der Waals surface area contributed by atoms with Crippen LogP contribution in [-0.4, -0.2) is 50.1 Å². The fraction of sp³-hybridized carbons (Fsp3) is 0.214. The van der Waals surface area contributed by atoms with Crippen LogP contribution in [0.5, 0.6) is 23.0 Å². The van der Waals surface area contributed by atoms with Gasteiger partial charge in [-0.05, 0) is 47.5 Å². The van der Waals surface area contributed by atoms with Crippen molar-refractivity contribution in [2.24, 2.45) is 0 Å². The van der Waals surface area contributed by atoms with Crippen molar-refractivity contribution in [2.75, 3.05) is 28.4 Å². The molecule has 3 aromatic rings. The maximum atomic E-state index is 13.4. The molecule has 1 saturated heterocycles. The van der Waals surface area contributed by atoms with Crippen LogP contribution in [-0.2, 0) is 16.1 Å². The summed E-state index contributed by atoms with van der Waals surface area (Å²) in [6, 6.07) is 18.3. The van der Waals surface area contributed by atoms with Gasteiger partial charge in [0.25, 0.3) is 11.7 Å². The number of Topliss-reactive ketones (excluding diaryl/α,β-unsaturated/α-hetero) is 1. The number of aliphatic hydroxyl groups is 1. The van der Waals surface area contributed by atoms with Crippen molar-refractivity contribution < 1.29 is 33.6 Å². The topological polar surface area (TPSA) is 94.5 Å². The highest BCUT2D eigenvalue weighted by atomic mass is 16.5. The summed E-state index contributed by atoms with van der Waals surface area (Å²) in [5.74, 6) is 0.160. The number of methoxy groups -OCH3 is 4. The second-order valence-corrected chi connectivity index (χ2v) is 8.09. The maximum Gasteiger partial charge on any atom is 0.295 e. The Morgan fingerprint density at radius 2 is 1.47 bits per heavy atom. The van der Waals surface area contributed by atoms with Gasteiger partial charge in [-0.25, -0.2) is 0 Å². The van der Waals surface area contributed by atoms with Crippen molar-refractivity contribution in [1.29, 1.82) is 0 Å². The average Bonchev–Trinajstić information content (AvgIpc) is 3.17. The minimum Gasteiger partial charge on any atom is -0.507 e. The summed E-state index contributed by atoms with van der Waals surface area (Å²) in [5, 5.41) is 11.4. The van der Waals surface area contributed by atoms with Gasteiger partial charge in [0, 0.05) is 6.54 Å². The molecule has 0 aromatic heterocycles. The number of aliphatic hydroxyl groups excluding tert-OH is 1. The molecule has 8 nitrogen and oxygen atoms in total. The van der Waals surface area contributed by atoms with Crippen LogP contribution in [0, 0.1) is 0 Å². The summed E-state index contributed by atoms with van der Waals surface area (Å²) < 4.78 is 21.4. The SMILES string of the molecule is COc1ccc(CN2C(=O)C(=O)/C(=C(\O)c3ccccc3OC)C2c2ccc(OC)c(OC)c2)cc1. The van der Waals surface area contributed by atoms with Crippen molar-refractivity contribution in [3.8, 4) is 23.0 Å². The Hall–Kier alpha value is -4.46. The fourth-order valence-electron chi connectivity index (χ4n) is 4.33. The zero-order valence-corrected chi connectivity index (χ0v) is 20.5. The Balaban J connectivity index is 1.89. The molecule has 1 aliphatic rings. The zero-order chi connectivity index (χ0) is 25.8.